The third-order valence-corrected chi connectivity index (χ3v) is 4.43. The summed E-state index contributed by atoms with van der Waals surface area (Å²) in [6.45, 7) is 7.11. The fourth-order valence-corrected chi connectivity index (χ4v) is 2.91. The van der Waals surface area contributed by atoms with E-state index in [-0.39, 0.29) is 11.9 Å². The first-order valence-corrected chi connectivity index (χ1v) is 8.93. The number of carbonyl (C=O) groups is 2. The molecular weight excluding hydrogens is 403 g/mol. The standard InChI is InChI=1S/C17H21N5O.C2HF3O2/c1-4-16(23)21(3)13-5-6-14-15(9-13)19-11(2)20-17(14)22-8-7-12(18)10-22;3-2(4,5)1(6)7/h4-6,9,12H,1,7-8,10,18H2,2-3H3;(H,6,7)/t12-;/m1./s1. The highest BCUT2D eigenvalue weighted by molar-refractivity contribution is 6.02. The van der Waals surface area contributed by atoms with Crippen molar-refractivity contribution < 1.29 is 27.9 Å². The molecule has 1 aliphatic rings. The van der Waals surface area contributed by atoms with E-state index in [0.29, 0.717) is 5.82 Å². The Kier molecular flexibility index (Phi) is 6.98. The SMILES string of the molecule is C=CC(=O)N(C)c1ccc2c(N3CC[C@@H](N)C3)nc(C)nc2c1.O=C(O)C(F)(F)F. The van der Waals surface area contributed by atoms with Crippen LogP contribution in [0.25, 0.3) is 10.9 Å². The van der Waals surface area contributed by atoms with Gasteiger partial charge in [0, 0.05) is 37.3 Å². The number of aromatic nitrogens is 2. The van der Waals surface area contributed by atoms with Gasteiger partial charge in [-0.25, -0.2) is 14.8 Å². The van der Waals surface area contributed by atoms with Gasteiger partial charge in [-0.3, -0.25) is 4.79 Å². The van der Waals surface area contributed by atoms with E-state index < -0.39 is 12.1 Å². The molecule has 30 heavy (non-hydrogen) atoms. The summed E-state index contributed by atoms with van der Waals surface area (Å²) in [7, 11) is 1.72. The van der Waals surface area contributed by atoms with Crippen LogP contribution in [-0.4, -0.2) is 59.3 Å². The summed E-state index contributed by atoms with van der Waals surface area (Å²) in [5, 5.41) is 8.10. The first kappa shape index (κ1) is 23.1. The zero-order valence-electron chi connectivity index (χ0n) is 16.5. The Labute approximate surface area is 170 Å². The monoisotopic (exact) mass is 425 g/mol. The van der Waals surface area contributed by atoms with E-state index in [2.05, 4.69) is 21.4 Å². The van der Waals surface area contributed by atoms with Crippen molar-refractivity contribution in [2.24, 2.45) is 5.73 Å². The Bertz CT molecular complexity index is 964. The first-order chi connectivity index (χ1) is 13.9. The average Bonchev–Trinajstić information content (AvgIpc) is 3.11. The molecule has 1 fully saturated rings. The number of rotatable bonds is 3. The van der Waals surface area contributed by atoms with Gasteiger partial charge in [0.2, 0.25) is 5.91 Å². The van der Waals surface area contributed by atoms with Crippen molar-refractivity contribution in [2.45, 2.75) is 25.6 Å². The molecule has 162 valence electrons. The lowest BCUT2D eigenvalue weighted by atomic mass is 10.2. The Morgan fingerprint density at radius 1 is 1.37 bits per heavy atom. The fraction of sp³-hybridized carbons (Fsp3) is 0.368. The van der Waals surface area contributed by atoms with Crippen molar-refractivity contribution >= 4 is 34.3 Å². The van der Waals surface area contributed by atoms with Gasteiger partial charge in [-0.15, -0.1) is 0 Å². The van der Waals surface area contributed by atoms with Crippen LogP contribution in [0.2, 0.25) is 0 Å². The molecule has 3 N–H and O–H groups in total. The number of amides is 1. The molecule has 1 amide bonds. The molecule has 1 saturated heterocycles. The summed E-state index contributed by atoms with van der Waals surface area (Å²) in [5.41, 5.74) is 7.63. The van der Waals surface area contributed by atoms with Crippen molar-refractivity contribution in [1.82, 2.24) is 9.97 Å². The summed E-state index contributed by atoms with van der Waals surface area (Å²) in [6.07, 6.45) is -2.81. The largest absolute Gasteiger partial charge is 0.490 e. The highest BCUT2D eigenvalue weighted by Crippen LogP contribution is 2.29. The van der Waals surface area contributed by atoms with Gasteiger partial charge >= 0.3 is 12.1 Å². The maximum Gasteiger partial charge on any atom is 0.490 e. The molecule has 0 spiro atoms. The number of carboxylic acids is 1. The number of hydrogen-bond donors (Lipinski definition) is 2. The van der Waals surface area contributed by atoms with Crippen LogP contribution in [-0.2, 0) is 9.59 Å². The second kappa shape index (κ2) is 9.08. The van der Waals surface area contributed by atoms with Gasteiger partial charge in [0.15, 0.2) is 0 Å². The quantitative estimate of drug-likeness (QED) is 0.726. The lowest BCUT2D eigenvalue weighted by molar-refractivity contribution is -0.192. The second-order valence-electron chi connectivity index (χ2n) is 6.69. The summed E-state index contributed by atoms with van der Waals surface area (Å²) in [6, 6.07) is 5.97. The molecule has 1 aliphatic heterocycles. The number of halogens is 3. The molecule has 1 atom stereocenters. The number of anilines is 2. The van der Waals surface area contributed by atoms with Gasteiger partial charge in [0.1, 0.15) is 11.6 Å². The third-order valence-electron chi connectivity index (χ3n) is 4.43. The van der Waals surface area contributed by atoms with Crippen LogP contribution in [0.3, 0.4) is 0 Å². The van der Waals surface area contributed by atoms with Crippen LogP contribution in [0.15, 0.2) is 30.9 Å². The van der Waals surface area contributed by atoms with E-state index in [4.69, 9.17) is 15.6 Å². The Hall–Kier alpha value is -3.21. The molecule has 0 saturated carbocycles. The minimum atomic E-state index is -5.08. The number of likely N-dealkylation sites (N-methyl/N-ethyl adjacent to an activating group) is 1. The molecule has 2 aromatic rings. The summed E-state index contributed by atoms with van der Waals surface area (Å²) in [5.74, 6) is -1.28. The predicted molar refractivity (Wildman–Crippen MR) is 106 cm³/mol. The minimum absolute atomic E-state index is 0.152. The number of nitrogens with zero attached hydrogens (tertiary/aromatic N) is 4. The molecule has 0 aliphatic carbocycles. The van der Waals surface area contributed by atoms with Crippen molar-refractivity contribution in [2.75, 3.05) is 29.9 Å². The number of alkyl halides is 3. The van der Waals surface area contributed by atoms with E-state index in [0.717, 1.165) is 41.9 Å². The third kappa shape index (κ3) is 5.44. The number of hydrogen-bond acceptors (Lipinski definition) is 6. The van der Waals surface area contributed by atoms with Gasteiger partial charge in [-0.05, 0) is 37.6 Å². The zero-order chi connectivity index (χ0) is 22.6. The highest BCUT2D eigenvalue weighted by Gasteiger charge is 2.38. The molecule has 0 radical (unpaired) electrons. The highest BCUT2D eigenvalue weighted by atomic mass is 19.4. The Morgan fingerprint density at radius 2 is 2.00 bits per heavy atom. The van der Waals surface area contributed by atoms with Crippen LogP contribution < -0.4 is 15.5 Å². The smallest absolute Gasteiger partial charge is 0.475 e. The van der Waals surface area contributed by atoms with Crippen LogP contribution in [0.4, 0.5) is 24.7 Å². The van der Waals surface area contributed by atoms with E-state index in [9.17, 15) is 18.0 Å². The molecule has 3 rings (SSSR count). The maximum atomic E-state index is 11.8. The lowest BCUT2D eigenvalue weighted by Gasteiger charge is -2.20. The number of aryl methyl sites for hydroxylation is 1. The number of fused-ring (bicyclic) bond motifs is 1. The summed E-state index contributed by atoms with van der Waals surface area (Å²) in [4.78, 5) is 33.6. The number of benzene rings is 1. The van der Waals surface area contributed by atoms with E-state index in [1.165, 1.54) is 6.08 Å². The predicted octanol–water partition coefficient (Wildman–Crippen LogP) is 2.26. The summed E-state index contributed by atoms with van der Waals surface area (Å²) >= 11 is 0. The minimum Gasteiger partial charge on any atom is -0.475 e. The van der Waals surface area contributed by atoms with E-state index in [1.807, 2.05) is 25.1 Å². The number of carbonyl (C=O) groups excluding carboxylic acids is 1. The van der Waals surface area contributed by atoms with Gasteiger partial charge in [0.25, 0.3) is 0 Å². The van der Waals surface area contributed by atoms with Crippen molar-refractivity contribution in [3.8, 4) is 0 Å². The molecule has 11 heteroatoms. The summed E-state index contributed by atoms with van der Waals surface area (Å²) < 4.78 is 31.7. The number of aliphatic carboxylic acids is 1. The molecule has 1 aromatic heterocycles. The number of carboxylic acid groups (broad SMARTS) is 1. The van der Waals surface area contributed by atoms with Crippen LogP contribution in [0, 0.1) is 6.92 Å². The average molecular weight is 425 g/mol. The molecular formula is C19H22F3N5O3. The van der Waals surface area contributed by atoms with Crippen LogP contribution in [0.5, 0.6) is 0 Å². The molecule has 0 unspecified atom stereocenters. The number of nitrogens with two attached hydrogens (primary N) is 1. The van der Waals surface area contributed by atoms with Crippen LogP contribution >= 0.6 is 0 Å². The van der Waals surface area contributed by atoms with Crippen molar-refractivity contribution in [3.63, 3.8) is 0 Å². The van der Waals surface area contributed by atoms with Gasteiger partial charge < -0.3 is 20.6 Å². The second-order valence-corrected chi connectivity index (χ2v) is 6.69. The molecule has 1 aromatic carbocycles. The van der Waals surface area contributed by atoms with Gasteiger partial charge in [0.05, 0.1) is 5.52 Å². The zero-order valence-corrected chi connectivity index (χ0v) is 16.5. The fourth-order valence-electron chi connectivity index (χ4n) is 2.91. The van der Waals surface area contributed by atoms with Crippen molar-refractivity contribution in [1.29, 1.82) is 0 Å². The van der Waals surface area contributed by atoms with Gasteiger partial charge in [-0.2, -0.15) is 13.2 Å². The van der Waals surface area contributed by atoms with Crippen molar-refractivity contribution in [3.05, 3.63) is 36.7 Å². The normalized spacial score (nSPS) is 16.1. The van der Waals surface area contributed by atoms with Crippen LogP contribution in [0.1, 0.15) is 12.2 Å². The topological polar surface area (TPSA) is 113 Å². The molecule has 8 nitrogen and oxygen atoms in total. The lowest BCUT2D eigenvalue weighted by Crippen LogP contribution is -2.27. The first-order valence-electron chi connectivity index (χ1n) is 8.93. The van der Waals surface area contributed by atoms with E-state index >= 15 is 0 Å². The Morgan fingerprint density at radius 3 is 2.50 bits per heavy atom. The van der Waals surface area contributed by atoms with Gasteiger partial charge in [-0.1, -0.05) is 6.58 Å². The maximum absolute atomic E-state index is 11.8. The van der Waals surface area contributed by atoms with E-state index in [1.54, 1.807) is 11.9 Å². The molecule has 0 bridgehead atoms. The molecule has 2 heterocycles. The Balaban J connectivity index is 0.000000396.